The Morgan fingerprint density at radius 2 is 1.48 bits per heavy atom. The summed E-state index contributed by atoms with van der Waals surface area (Å²) in [5, 5.41) is 38.3. The molecule has 1 aliphatic carbocycles. The monoisotopic (exact) mass is 875 g/mol. The molecule has 2 heterocycles. The van der Waals surface area contributed by atoms with Crippen molar-refractivity contribution >= 4 is 29.7 Å². The van der Waals surface area contributed by atoms with Crippen molar-refractivity contribution in [3.8, 4) is 0 Å². The van der Waals surface area contributed by atoms with E-state index in [0.717, 1.165) is 37.7 Å². The van der Waals surface area contributed by atoms with Gasteiger partial charge in [0.2, 0.25) is 23.6 Å². The minimum Gasteiger partial charge on any atom is -0.444 e. The highest BCUT2D eigenvalue weighted by Gasteiger charge is 2.42. The van der Waals surface area contributed by atoms with E-state index >= 15 is 0 Å². The number of carbonyl (C=O) groups is 5. The van der Waals surface area contributed by atoms with Gasteiger partial charge < -0.3 is 46.5 Å². The van der Waals surface area contributed by atoms with Gasteiger partial charge in [0.25, 0.3) is 0 Å². The summed E-state index contributed by atoms with van der Waals surface area (Å²) in [6.45, 7) is 12.6. The quantitative estimate of drug-likeness (QED) is 0.0714. The number of benzene rings is 1. The van der Waals surface area contributed by atoms with Crippen LogP contribution < -0.4 is 26.6 Å². The SMILES string of the molecule is CC[C@H](C)[C@H](NC(=O)[C@H](C(C)C)[C@@H](O)[C@H](O)[C@H](CC1CCCCC1)NC(=O)[C@H](Cc1cnc[nH]1)NC(=O)[C@H](Cc1ccccc1)NC(=O)OC(C)(C)C)C(=O)NCc1ccccn1. The van der Waals surface area contributed by atoms with Crippen molar-refractivity contribution in [2.45, 2.75) is 155 Å². The largest absolute Gasteiger partial charge is 0.444 e. The molecule has 63 heavy (non-hydrogen) atoms. The van der Waals surface area contributed by atoms with E-state index in [0.29, 0.717) is 24.2 Å². The summed E-state index contributed by atoms with van der Waals surface area (Å²) in [6.07, 6.45) is 6.26. The average molecular weight is 875 g/mol. The molecule has 16 heteroatoms. The second kappa shape index (κ2) is 24.5. The minimum absolute atomic E-state index is 0.0205. The Kier molecular flexibility index (Phi) is 19.5. The first-order valence-corrected chi connectivity index (χ1v) is 22.4. The molecule has 1 saturated carbocycles. The van der Waals surface area contributed by atoms with Gasteiger partial charge in [-0.1, -0.05) is 103 Å². The molecule has 1 fully saturated rings. The Balaban J connectivity index is 1.59. The van der Waals surface area contributed by atoms with Gasteiger partial charge in [-0.2, -0.15) is 0 Å². The second-order valence-corrected chi connectivity index (χ2v) is 18.2. The van der Waals surface area contributed by atoms with E-state index in [1.807, 2.05) is 50.2 Å². The molecule has 0 bridgehead atoms. The number of aliphatic hydroxyl groups excluding tert-OH is 2. The van der Waals surface area contributed by atoms with Crippen molar-refractivity contribution in [2.24, 2.45) is 23.7 Å². The van der Waals surface area contributed by atoms with Gasteiger partial charge in [-0.25, -0.2) is 9.78 Å². The maximum atomic E-state index is 14.5. The molecule has 1 aliphatic rings. The number of aromatic nitrogens is 3. The van der Waals surface area contributed by atoms with Crippen molar-refractivity contribution in [1.29, 1.82) is 0 Å². The van der Waals surface area contributed by atoms with Crippen molar-refractivity contribution in [1.82, 2.24) is 41.5 Å². The molecule has 3 aromatic rings. The van der Waals surface area contributed by atoms with Crippen LogP contribution in [0.1, 0.15) is 110 Å². The van der Waals surface area contributed by atoms with Gasteiger partial charge in [0.1, 0.15) is 29.8 Å². The summed E-state index contributed by atoms with van der Waals surface area (Å²) in [4.78, 5) is 80.6. The van der Waals surface area contributed by atoms with E-state index in [1.54, 1.807) is 52.9 Å². The topological polar surface area (TPSA) is 237 Å². The van der Waals surface area contributed by atoms with Gasteiger partial charge in [0.15, 0.2) is 0 Å². The lowest BCUT2D eigenvalue weighted by Gasteiger charge is -2.37. The van der Waals surface area contributed by atoms with Crippen LogP contribution in [0.5, 0.6) is 0 Å². The van der Waals surface area contributed by atoms with Gasteiger partial charge in [-0.15, -0.1) is 0 Å². The van der Waals surface area contributed by atoms with Gasteiger partial charge in [0.05, 0.1) is 36.6 Å². The van der Waals surface area contributed by atoms with E-state index in [4.69, 9.17) is 4.74 Å². The van der Waals surface area contributed by atoms with E-state index in [-0.39, 0.29) is 31.2 Å². The molecule has 4 rings (SSSR count). The van der Waals surface area contributed by atoms with E-state index in [1.165, 1.54) is 12.5 Å². The molecule has 0 unspecified atom stereocenters. The molecule has 0 saturated heterocycles. The molecule has 2 aromatic heterocycles. The van der Waals surface area contributed by atoms with Crippen LogP contribution in [0.25, 0.3) is 0 Å². The van der Waals surface area contributed by atoms with Crippen LogP contribution in [0, 0.1) is 23.7 Å². The summed E-state index contributed by atoms with van der Waals surface area (Å²) in [5.74, 6) is -4.11. The zero-order valence-electron chi connectivity index (χ0n) is 37.9. The summed E-state index contributed by atoms with van der Waals surface area (Å²) in [7, 11) is 0. The molecule has 5 amide bonds. The molecule has 8 N–H and O–H groups in total. The molecule has 346 valence electrons. The number of H-pyrrole nitrogens is 1. The fourth-order valence-electron chi connectivity index (χ4n) is 8.00. The number of ether oxygens (including phenoxy) is 1. The van der Waals surface area contributed by atoms with Gasteiger partial charge in [-0.3, -0.25) is 24.2 Å². The Hall–Kier alpha value is -5.35. The zero-order valence-corrected chi connectivity index (χ0v) is 37.9. The number of nitrogens with one attached hydrogen (secondary N) is 6. The molecule has 8 atom stereocenters. The van der Waals surface area contributed by atoms with E-state index in [2.05, 4.69) is 41.5 Å². The van der Waals surface area contributed by atoms with Crippen LogP contribution in [0.4, 0.5) is 4.79 Å². The fourth-order valence-corrected chi connectivity index (χ4v) is 8.00. The predicted octanol–water partition coefficient (Wildman–Crippen LogP) is 4.26. The fraction of sp³-hybridized carbons (Fsp3) is 0.596. The third kappa shape index (κ3) is 16.4. The first kappa shape index (κ1) is 50.3. The summed E-state index contributed by atoms with van der Waals surface area (Å²) in [6, 6.07) is 10.2. The highest BCUT2D eigenvalue weighted by Crippen LogP contribution is 2.30. The van der Waals surface area contributed by atoms with Gasteiger partial charge >= 0.3 is 6.09 Å². The maximum Gasteiger partial charge on any atom is 0.408 e. The standard InChI is InChI=1S/C47H70N8O8/c1-8-30(4)39(45(61)50-27-33-21-15-16-22-49-33)55-44(60)38(29(2)3)41(57)40(56)35(23-31-17-11-9-12-18-31)52-43(59)37(25-34-26-48-28-51-34)53-42(58)36(24-32-19-13-10-14-20-32)54-46(62)63-47(5,6)7/h10,13-16,19-22,26,28-31,35-41,56-57H,8-9,11-12,17-18,23-25,27H2,1-7H3,(H,48,51)(H,50,61)(H,52,59)(H,53,58)(H,54,62)(H,55,60)/t30-,35-,36-,37-,38+,39-,40+,41+/m0/s1. The van der Waals surface area contributed by atoms with E-state index < -0.39 is 83.5 Å². The summed E-state index contributed by atoms with van der Waals surface area (Å²) in [5.41, 5.74) is 1.12. The lowest BCUT2D eigenvalue weighted by molar-refractivity contribution is -0.141. The number of hydrogen-bond donors (Lipinski definition) is 8. The van der Waals surface area contributed by atoms with Crippen LogP contribution in [0.2, 0.25) is 0 Å². The first-order chi connectivity index (χ1) is 29.9. The smallest absolute Gasteiger partial charge is 0.408 e. The maximum absolute atomic E-state index is 14.5. The summed E-state index contributed by atoms with van der Waals surface area (Å²) < 4.78 is 5.47. The first-order valence-electron chi connectivity index (χ1n) is 22.4. The van der Waals surface area contributed by atoms with Crippen molar-refractivity contribution in [3.05, 3.63) is 84.2 Å². The molecular formula is C47H70N8O8. The van der Waals surface area contributed by atoms with Crippen molar-refractivity contribution in [3.63, 3.8) is 0 Å². The van der Waals surface area contributed by atoms with Crippen LogP contribution in [-0.2, 0) is 43.3 Å². The Morgan fingerprint density at radius 1 is 0.810 bits per heavy atom. The molecular weight excluding hydrogens is 805 g/mol. The number of aliphatic hydroxyl groups is 2. The van der Waals surface area contributed by atoms with Crippen molar-refractivity contribution < 1.29 is 38.9 Å². The van der Waals surface area contributed by atoms with Gasteiger partial charge in [0, 0.05) is 30.9 Å². The normalized spacial score (nSPS) is 17.2. The Morgan fingerprint density at radius 3 is 2.08 bits per heavy atom. The minimum atomic E-state index is -1.65. The molecule has 16 nitrogen and oxygen atoms in total. The van der Waals surface area contributed by atoms with Crippen LogP contribution in [0.15, 0.2) is 67.3 Å². The lowest BCUT2D eigenvalue weighted by Crippen LogP contribution is -2.60. The lowest BCUT2D eigenvalue weighted by atomic mass is 9.79. The average Bonchev–Trinajstić information content (AvgIpc) is 3.77. The number of pyridine rings is 1. The highest BCUT2D eigenvalue weighted by molar-refractivity contribution is 5.92. The number of nitrogens with zero attached hydrogens (tertiary/aromatic N) is 2. The Bertz CT molecular complexity index is 1870. The highest BCUT2D eigenvalue weighted by atomic mass is 16.6. The molecule has 0 radical (unpaired) electrons. The number of carbonyl (C=O) groups excluding carboxylic acids is 5. The van der Waals surface area contributed by atoms with Crippen molar-refractivity contribution in [2.75, 3.05) is 0 Å². The molecule has 0 aliphatic heterocycles. The molecule has 1 aromatic carbocycles. The molecule has 0 spiro atoms. The third-order valence-electron chi connectivity index (χ3n) is 11.7. The van der Waals surface area contributed by atoms with Crippen LogP contribution in [0.3, 0.4) is 0 Å². The van der Waals surface area contributed by atoms with Crippen LogP contribution in [-0.4, -0.2) is 96.9 Å². The number of imidazole rings is 1. The Labute approximate surface area is 371 Å². The van der Waals surface area contributed by atoms with Gasteiger partial charge in [-0.05, 0) is 62.6 Å². The number of aromatic amines is 1. The predicted molar refractivity (Wildman–Crippen MR) is 238 cm³/mol. The number of alkyl carbamates (subject to hydrolysis) is 1. The third-order valence-corrected chi connectivity index (χ3v) is 11.7. The number of rotatable bonds is 22. The summed E-state index contributed by atoms with van der Waals surface area (Å²) >= 11 is 0. The number of amides is 5. The van der Waals surface area contributed by atoms with Crippen LogP contribution >= 0.6 is 0 Å². The zero-order chi connectivity index (χ0) is 46.1. The number of hydrogen-bond acceptors (Lipinski definition) is 10. The second-order valence-electron chi connectivity index (χ2n) is 18.2. The van der Waals surface area contributed by atoms with E-state index in [9.17, 15) is 34.2 Å².